The van der Waals surface area contributed by atoms with Gasteiger partial charge < -0.3 is 9.80 Å². The third-order valence-electron chi connectivity index (χ3n) is 3.74. The topological polar surface area (TPSA) is 92.8 Å². The van der Waals surface area contributed by atoms with E-state index in [1.54, 1.807) is 11.8 Å². The standard InChI is InChI=1S/C13H18N4O4/c1-3-14-4-6-15(7-5-14)13-11(16(18)19)8-10(2)9-12(13)17(20)21/h8-9H,3-7H2,1-2H3. The van der Waals surface area contributed by atoms with Gasteiger partial charge in [-0.1, -0.05) is 6.92 Å². The lowest BCUT2D eigenvalue weighted by atomic mass is 10.1. The van der Waals surface area contributed by atoms with Crippen LogP contribution in [0, 0.1) is 27.2 Å². The van der Waals surface area contributed by atoms with Gasteiger partial charge in [-0.15, -0.1) is 0 Å². The van der Waals surface area contributed by atoms with Gasteiger partial charge in [-0.2, -0.15) is 0 Å². The van der Waals surface area contributed by atoms with Gasteiger partial charge in [-0.3, -0.25) is 20.2 Å². The van der Waals surface area contributed by atoms with Crippen LogP contribution in [0.4, 0.5) is 17.1 Å². The van der Waals surface area contributed by atoms with Gasteiger partial charge in [0.2, 0.25) is 0 Å². The van der Waals surface area contributed by atoms with Gasteiger partial charge in [0.25, 0.3) is 11.4 Å². The fourth-order valence-electron chi connectivity index (χ4n) is 2.63. The van der Waals surface area contributed by atoms with Crippen molar-refractivity contribution in [1.82, 2.24) is 4.90 Å². The summed E-state index contributed by atoms with van der Waals surface area (Å²) in [4.78, 5) is 25.4. The first-order valence-electron chi connectivity index (χ1n) is 6.84. The number of nitrogens with zero attached hydrogens (tertiary/aromatic N) is 4. The molecule has 0 aliphatic carbocycles. The van der Waals surface area contributed by atoms with Gasteiger partial charge in [-0.25, -0.2) is 0 Å². The average Bonchev–Trinajstić information content (AvgIpc) is 2.46. The minimum absolute atomic E-state index is 0.131. The molecule has 21 heavy (non-hydrogen) atoms. The summed E-state index contributed by atoms with van der Waals surface area (Å²) in [5.74, 6) is 0. The monoisotopic (exact) mass is 294 g/mol. The van der Waals surface area contributed by atoms with Crippen LogP contribution in [0.2, 0.25) is 0 Å². The van der Waals surface area contributed by atoms with Crippen molar-refractivity contribution in [2.24, 2.45) is 0 Å². The van der Waals surface area contributed by atoms with Gasteiger partial charge in [-0.05, 0) is 19.0 Å². The second-order valence-corrected chi connectivity index (χ2v) is 5.09. The maximum absolute atomic E-state index is 11.3. The summed E-state index contributed by atoms with van der Waals surface area (Å²) in [6.45, 7) is 7.19. The maximum atomic E-state index is 11.3. The Kier molecular flexibility index (Phi) is 4.37. The Labute approximate surface area is 122 Å². The van der Waals surface area contributed by atoms with Crippen LogP contribution in [-0.4, -0.2) is 47.5 Å². The van der Waals surface area contributed by atoms with Crippen molar-refractivity contribution in [2.45, 2.75) is 13.8 Å². The van der Waals surface area contributed by atoms with E-state index in [9.17, 15) is 20.2 Å². The largest absolute Gasteiger partial charge is 0.358 e. The van der Waals surface area contributed by atoms with Crippen LogP contribution in [0.15, 0.2) is 12.1 Å². The van der Waals surface area contributed by atoms with E-state index in [1.807, 2.05) is 6.92 Å². The molecule has 0 unspecified atom stereocenters. The Balaban J connectivity index is 2.45. The number of anilines is 1. The van der Waals surface area contributed by atoms with Crippen LogP contribution in [0.1, 0.15) is 12.5 Å². The van der Waals surface area contributed by atoms with Crippen LogP contribution in [0.3, 0.4) is 0 Å². The van der Waals surface area contributed by atoms with Crippen LogP contribution in [0.5, 0.6) is 0 Å². The first kappa shape index (κ1) is 15.2. The van der Waals surface area contributed by atoms with Gasteiger partial charge in [0.1, 0.15) is 0 Å². The summed E-state index contributed by atoms with van der Waals surface area (Å²) >= 11 is 0. The third-order valence-corrected chi connectivity index (χ3v) is 3.74. The lowest BCUT2D eigenvalue weighted by Gasteiger charge is -2.34. The molecule has 1 saturated heterocycles. The zero-order valence-electron chi connectivity index (χ0n) is 12.1. The van der Waals surface area contributed by atoms with Crippen molar-refractivity contribution in [2.75, 3.05) is 37.6 Å². The molecule has 0 bridgehead atoms. The molecule has 0 spiro atoms. The first-order chi connectivity index (χ1) is 9.93. The minimum Gasteiger partial charge on any atom is -0.358 e. The molecule has 8 heteroatoms. The molecule has 0 radical (unpaired) electrons. The zero-order chi connectivity index (χ0) is 15.6. The number of nitro benzene ring substituents is 2. The zero-order valence-corrected chi connectivity index (χ0v) is 12.1. The van der Waals surface area contributed by atoms with Gasteiger partial charge >= 0.3 is 0 Å². The third kappa shape index (κ3) is 3.10. The van der Waals surface area contributed by atoms with Gasteiger partial charge in [0, 0.05) is 38.3 Å². The van der Waals surface area contributed by atoms with E-state index in [2.05, 4.69) is 4.90 Å². The summed E-state index contributed by atoms with van der Waals surface area (Å²) in [6, 6.07) is 2.79. The molecule has 0 atom stereocenters. The fraction of sp³-hybridized carbons (Fsp3) is 0.538. The molecular formula is C13H18N4O4. The van der Waals surface area contributed by atoms with Crippen LogP contribution in [-0.2, 0) is 0 Å². The van der Waals surface area contributed by atoms with Crippen molar-refractivity contribution >= 4 is 17.1 Å². The number of likely N-dealkylation sites (N-methyl/N-ethyl adjacent to an activating group) is 1. The van der Waals surface area contributed by atoms with Gasteiger partial charge in [0.05, 0.1) is 9.85 Å². The van der Waals surface area contributed by atoms with Crippen LogP contribution >= 0.6 is 0 Å². The summed E-state index contributed by atoms with van der Waals surface area (Å²) in [6.07, 6.45) is 0. The van der Waals surface area contributed by atoms with E-state index in [0.29, 0.717) is 18.7 Å². The molecule has 1 heterocycles. The minimum atomic E-state index is -0.540. The Morgan fingerprint density at radius 2 is 1.52 bits per heavy atom. The van der Waals surface area contributed by atoms with E-state index >= 15 is 0 Å². The highest BCUT2D eigenvalue weighted by Gasteiger charge is 2.32. The average molecular weight is 294 g/mol. The molecule has 1 fully saturated rings. The maximum Gasteiger partial charge on any atom is 0.299 e. The summed E-state index contributed by atoms with van der Waals surface area (Å²) in [5, 5.41) is 22.5. The molecule has 1 aromatic carbocycles. The van der Waals surface area contributed by atoms with E-state index in [4.69, 9.17) is 0 Å². The number of piperazine rings is 1. The number of aryl methyl sites for hydroxylation is 1. The second-order valence-electron chi connectivity index (χ2n) is 5.09. The predicted octanol–water partition coefficient (Wildman–Crippen LogP) is 1.95. The fourth-order valence-corrected chi connectivity index (χ4v) is 2.63. The molecule has 0 saturated carbocycles. The summed E-state index contributed by atoms with van der Waals surface area (Å²) in [5.41, 5.74) is 0.272. The first-order valence-corrected chi connectivity index (χ1v) is 6.84. The van der Waals surface area contributed by atoms with E-state index in [1.165, 1.54) is 12.1 Å². The van der Waals surface area contributed by atoms with Crippen LogP contribution in [0.25, 0.3) is 0 Å². The second kappa shape index (κ2) is 6.04. The van der Waals surface area contributed by atoms with Crippen molar-refractivity contribution < 1.29 is 9.85 Å². The van der Waals surface area contributed by atoms with Gasteiger partial charge in [0.15, 0.2) is 5.69 Å². The lowest BCUT2D eigenvalue weighted by molar-refractivity contribution is -0.392. The molecule has 8 nitrogen and oxygen atoms in total. The predicted molar refractivity (Wildman–Crippen MR) is 78.8 cm³/mol. The normalized spacial score (nSPS) is 16.0. The van der Waals surface area contributed by atoms with Crippen molar-refractivity contribution in [1.29, 1.82) is 0 Å². The van der Waals surface area contributed by atoms with E-state index < -0.39 is 9.85 Å². The number of rotatable bonds is 4. The molecule has 1 aliphatic heterocycles. The molecule has 0 amide bonds. The van der Waals surface area contributed by atoms with Crippen molar-refractivity contribution in [3.8, 4) is 0 Å². The quantitative estimate of drug-likeness (QED) is 0.622. The van der Waals surface area contributed by atoms with E-state index in [0.717, 1.165) is 19.6 Å². The smallest absolute Gasteiger partial charge is 0.299 e. The highest BCUT2D eigenvalue weighted by Crippen LogP contribution is 2.38. The lowest BCUT2D eigenvalue weighted by Crippen LogP contribution is -2.46. The molecule has 0 N–H and O–H groups in total. The number of hydrogen-bond donors (Lipinski definition) is 0. The number of hydrogen-bond acceptors (Lipinski definition) is 6. The van der Waals surface area contributed by atoms with E-state index in [-0.39, 0.29) is 17.1 Å². The molecular weight excluding hydrogens is 276 g/mol. The molecule has 2 rings (SSSR count). The summed E-state index contributed by atoms with van der Waals surface area (Å²) in [7, 11) is 0. The Hall–Kier alpha value is -2.22. The highest BCUT2D eigenvalue weighted by atomic mass is 16.6. The molecule has 114 valence electrons. The highest BCUT2D eigenvalue weighted by molar-refractivity contribution is 5.76. The Bertz CT molecular complexity index is 532. The van der Waals surface area contributed by atoms with Crippen LogP contribution < -0.4 is 4.90 Å². The molecule has 0 aromatic heterocycles. The number of benzene rings is 1. The van der Waals surface area contributed by atoms with Crippen molar-refractivity contribution in [3.05, 3.63) is 37.9 Å². The SMILES string of the molecule is CCN1CCN(c2c([N+](=O)[O-])cc(C)cc2[N+](=O)[O-])CC1. The Morgan fingerprint density at radius 1 is 1.05 bits per heavy atom. The molecule has 1 aromatic rings. The summed E-state index contributed by atoms with van der Waals surface area (Å²) < 4.78 is 0. The van der Waals surface area contributed by atoms with Crippen molar-refractivity contribution in [3.63, 3.8) is 0 Å². The number of nitro groups is 2. The molecule has 1 aliphatic rings. The Morgan fingerprint density at radius 3 is 1.90 bits per heavy atom.